The highest BCUT2D eigenvalue weighted by Crippen LogP contribution is 2.35. The molecule has 2 rings (SSSR count). The Morgan fingerprint density at radius 2 is 1.84 bits per heavy atom. The number of methoxy groups -OCH3 is 1. The Morgan fingerprint density at radius 3 is 2.39 bits per heavy atom. The average molecular weight is 433 g/mol. The van der Waals surface area contributed by atoms with E-state index in [2.05, 4.69) is 5.32 Å². The standard InChI is InChI=1S/C21H24FN3O6/c1-4-24(13-20(26)23-12-14-6-8-15(22)9-7-14)21(27)16-10-18(30-3)19(31-5-2)11-17(16)25(28)29/h6-11H,4-5,12-13H2,1-3H3,(H,23,26). The van der Waals surface area contributed by atoms with Gasteiger partial charge in [-0.15, -0.1) is 0 Å². The molecule has 0 radical (unpaired) electrons. The lowest BCUT2D eigenvalue weighted by Crippen LogP contribution is -2.40. The highest BCUT2D eigenvalue weighted by molar-refractivity contribution is 6.00. The molecule has 166 valence electrons. The van der Waals surface area contributed by atoms with Gasteiger partial charge >= 0.3 is 0 Å². The molecule has 2 amide bonds. The van der Waals surface area contributed by atoms with Gasteiger partial charge in [-0.1, -0.05) is 12.1 Å². The van der Waals surface area contributed by atoms with Crippen molar-refractivity contribution in [1.29, 1.82) is 0 Å². The number of nitrogens with one attached hydrogen (secondary N) is 1. The molecule has 31 heavy (non-hydrogen) atoms. The highest BCUT2D eigenvalue weighted by atomic mass is 19.1. The molecule has 9 nitrogen and oxygen atoms in total. The fraction of sp³-hybridized carbons (Fsp3) is 0.333. The molecule has 0 unspecified atom stereocenters. The number of nitro groups is 1. The number of rotatable bonds is 10. The number of nitrogens with zero attached hydrogens (tertiary/aromatic N) is 2. The van der Waals surface area contributed by atoms with Gasteiger partial charge in [-0.05, 0) is 31.5 Å². The molecule has 2 aromatic rings. The lowest BCUT2D eigenvalue weighted by molar-refractivity contribution is -0.385. The number of halogens is 1. The molecular formula is C21H24FN3O6. The number of benzene rings is 2. The van der Waals surface area contributed by atoms with Gasteiger partial charge < -0.3 is 19.7 Å². The van der Waals surface area contributed by atoms with Crippen molar-refractivity contribution >= 4 is 17.5 Å². The second-order valence-electron chi connectivity index (χ2n) is 6.43. The molecule has 0 spiro atoms. The van der Waals surface area contributed by atoms with Crippen LogP contribution in [0.25, 0.3) is 0 Å². The first-order valence-corrected chi connectivity index (χ1v) is 9.60. The molecule has 0 heterocycles. The molecule has 0 atom stereocenters. The van der Waals surface area contributed by atoms with E-state index in [1.54, 1.807) is 13.8 Å². The fourth-order valence-corrected chi connectivity index (χ4v) is 2.83. The van der Waals surface area contributed by atoms with Crippen LogP contribution in [-0.2, 0) is 11.3 Å². The molecule has 1 N–H and O–H groups in total. The van der Waals surface area contributed by atoms with Gasteiger partial charge in [0.1, 0.15) is 11.4 Å². The third kappa shape index (κ3) is 6.14. The number of amides is 2. The summed E-state index contributed by atoms with van der Waals surface area (Å²) >= 11 is 0. The predicted octanol–water partition coefficient (Wildman–Crippen LogP) is 2.92. The number of ether oxygens (including phenoxy) is 2. The minimum atomic E-state index is -0.688. The van der Waals surface area contributed by atoms with E-state index in [1.165, 1.54) is 42.3 Å². The topological polar surface area (TPSA) is 111 Å². The SMILES string of the molecule is CCOc1cc([N+](=O)[O-])c(C(=O)N(CC)CC(=O)NCc2ccc(F)cc2)cc1OC. The third-order valence-corrected chi connectivity index (χ3v) is 4.42. The summed E-state index contributed by atoms with van der Waals surface area (Å²) in [5, 5.41) is 14.2. The van der Waals surface area contributed by atoms with Gasteiger partial charge in [0, 0.05) is 19.2 Å². The molecule has 0 saturated heterocycles. The summed E-state index contributed by atoms with van der Waals surface area (Å²) in [4.78, 5) is 37.3. The van der Waals surface area contributed by atoms with Crippen molar-refractivity contribution in [3.63, 3.8) is 0 Å². The number of hydrogen-bond acceptors (Lipinski definition) is 6. The number of likely N-dealkylation sites (N-methyl/N-ethyl adjacent to an activating group) is 1. The van der Waals surface area contributed by atoms with E-state index in [0.717, 1.165) is 6.07 Å². The highest BCUT2D eigenvalue weighted by Gasteiger charge is 2.28. The van der Waals surface area contributed by atoms with Gasteiger partial charge in [0.15, 0.2) is 11.5 Å². The summed E-state index contributed by atoms with van der Waals surface area (Å²) in [5.41, 5.74) is 0.0360. The van der Waals surface area contributed by atoms with Crippen LogP contribution in [0.15, 0.2) is 36.4 Å². The second-order valence-corrected chi connectivity index (χ2v) is 6.43. The molecule has 10 heteroatoms. The molecule has 2 aromatic carbocycles. The lowest BCUT2D eigenvalue weighted by atomic mass is 10.1. The van der Waals surface area contributed by atoms with Crippen LogP contribution >= 0.6 is 0 Å². The van der Waals surface area contributed by atoms with Crippen LogP contribution in [0.4, 0.5) is 10.1 Å². The molecule has 0 aliphatic heterocycles. The fourth-order valence-electron chi connectivity index (χ4n) is 2.83. The third-order valence-electron chi connectivity index (χ3n) is 4.42. The van der Waals surface area contributed by atoms with Crippen molar-refractivity contribution in [2.75, 3.05) is 26.8 Å². The summed E-state index contributed by atoms with van der Waals surface area (Å²) in [5.74, 6) is -1.21. The Morgan fingerprint density at radius 1 is 1.16 bits per heavy atom. The van der Waals surface area contributed by atoms with Crippen LogP contribution in [0.3, 0.4) is 0 Å². The maximum Gasteiger partial charge on any atom is 0.286 e. The van der Waals surface area contributed by atoms with Gasteiger partial charge in [-0.25, -0.2) is 4.39 Å². The quantitative estimate of drug-likeness (QED) is 0.456. The van der Waals surface area contributed by atoms with E-state index in [0.29, 0.717) is 5.56 Å². The van der Waals surface area contributed by atoms with Crippen LogP contribution in [0.2, 0.25) is 0 Å². The van der Waals surface area contributed by atoms with Crippen molar-refractivity contribution in [2.45, 2.75) is 20.4 Å². The van der Waals surface area contributed by atoms with E-state index in [4.69, 9.17) is 9.47 Å². The Bertz CT molecular complexity index is 949. The minimum Gasteiger partial charge on any atom is -0.493 e. The van der Waals surface area contributed by atoms with Crippen molar-refractivity contribution in [3.8, 4) is 11.5 Å². The van der Waals surface area contributed by atoms with E-state index in [1.807, 2.05) is 0 Å². The maximum absolute atomic E-state index is 13.0. The molecule has 0 bridgehead atoms. The number of carbonyl (C=O) groups excluding carboxylic acids is 2. The molecular weight excluding hydrogens is 409 g/mol. The van der Waals surface area contributed by atoms with E-state index < -0.39 is 22.4 Å². The van der Waals surface area contributed by atoms with Crippen molar-refractivity contribution < 1.29 is 28.4 Å². The zero-order chi connectivity index (χ0) is 23.0. The zero-order valence-electron chi connectivity index (χ0n) is 17.5. The lowest BCUT2D eigenvalue weighted by Gasteiger charge is -2.21. The Balaban J connectivity index is 2.19. The molecule has 0 aliphatic rings. The molecule has 0 saturated carbocycles. The van der Waals surface area contributed by atoms with Crippen LogP contribution in [-0.4, -0.2) is 48.4 Å². The monoisotopic (exact) mass is 433 g/mol. The van der Waals surface area contributed by atoms with E-state index in [9.17, 15) is 24.1 Å². The Kier molecular flexibility index (Phi) is 8.30. The summed E-state index contributed by atoms with van der Waals surface area (Å²) in [7, 11) is 1.36. The summed E-state index contributed by atoms with van der Waals surface area (Å²) < 4.78 is 23.5. The van der Waals surface area contributed by atoms with E-state index in [-0.39, 0.29) is 49.1 Å². The first-order chi connectivity index (χ1) is 14.8. The average Bonchev–Trinajstić information content (AvgIpc) is 2.76. The van der Waals surface area contributed by atoms with Gasteiger partial charge in [0.05, 0.1) is 31.3 Å². The predicted molar refractivity (Wildman–Crippen MR) is 111 cm³/mol. The van der Waals surface area contributed by atoms with Gasteiger partial charge in [0.25, 0.3) is 11.6 Å². The van der Waals surface area contributed by atoms with Crippen molar-refractivity contribution in [1.82, 2.24) is 10.2 Å². The zero-order valence-corrected chi connectivity index (χ0v) is 17.5. The van der Waals surface area contributed by atoms with Gasteiger partial charge in [-0.2, -0.15) is 0 Å². The summed E-state index contributed by atoms with van der Waals surface area (Å²) in [6.07, 6.45) is 0. The summed E-state index contributed by atoms with van der Waals surface area (Å²) in [6.45, 7) is 3.63. The maximum atomic E-state index is 13.0. The van der Waals surface area contributed by atoms with Crippen LogP contribution in [0.1, 0.15) is 29.8 Å². The largest absolute Gasteiger partial charge is 0.493 e. The minimum absolute atomic E-state index is 0.147. The molecule has 0 aliphatic carbocycles. The Labute approximate surface area is 178 Å². The second kappa shape index (κ2) is 10.9. The van der Waals surface area contributed by atoms with Crippen LogP contribution in [0, 0.1) is 15.9 Å². The first-order valence-electron chi connectivity index (χ1n) is 9.60. The van der Waals surface area contributed by atoms with Crippen LogP contribution in [0.5, 0.6) is 11.5 Å². The Hall–Kier alpha value is -3.69. The smallest absolute Gasteiger partial charge is 0.286 e. The normalized spacial score (nSPS) is 10.3. The number of hydrogen-bond donors (Lipinski definition) is 1. The van der Waals surface area contributed by atoms with Crippen LogP contribution < -0.4 is 14.8 Å². The van der Waals surface area contributed by atoms with Crippen molar-refractivity contribution in [2.24, 2.45) is 0 Å². The molecule has 0 aromatic heterocycles. The summed E-state index contributed by atoms with van der Waals surface area (Å²) in [6, 6.07) is 8.01. The van der Waals surface area contributed by atoms with Gasteiger partial charge in [0.2, 0.25) is 5.91 Å². The van der Waals surface area contributed by atoms with Crippen molar-refractivity contribution in [3.05, 3.63) is 63.5 Å². The number of carbonyl (C=O) groups is 2. The first kappa shape index (κ1) is 23.6. The van der Waals surface area contributed by atoms with E-state index >= 15 is 0 Å². The molecule has 0 fully saturated rings. The number of nitro benzene ring substituents is 1. The van der Waals surface area contributed by atoms with Gasteiger partial charge in [-0.3, -0.25) is 19.7 Å².